The SMILES string of the molecule is C=C(C)CC1=NC(CC(C)C)=[C-]C1=CN.[Pd]. The number of aliphatic imine (C=N–C) groups is 1. The predicted octanol–water partition coefficient (Wildman–Crippen LogP) is 2.98. The van der Waals surface area contributed by atoms with Gasteiger partial charge in [-0.1, -0.05) is 25.1 Å². The minimum atomic E-state index is 0. The van der Waals surface area contributed by atoms with Crippen LogP contribution in [0.2, 0.25) is 0 Å². The van der Waals surface area contributed by atoms with Crippen molar-refractivity contribution in [3.8, 4) is 0 Å². The molecule has 0 aliphatic carbocycles. The van der Waals surface area contributed by atoms with Gasteiger partial charge in [0.2, 0.25) is 0 Å². The summed E-state index contributed by atoms with van der Waals surface area (Å²) in [6, 6.07) is 0. The van der Waals surface area contributed by atoms with Gasteiger partial charge in [-0.2, -0.15) is 11.6 Å². The first kappa shape index (κ1) is 15.4. The Kier molecular flexibility index (Phi) is 6.56. The second-order valence-corrected chi connectivity index (χ2v) is 4.44. The van der Waals surface area contributed by atoms with Crippen LogP contribution in [0.1, 0.15) is 33.6 Å². The fourth-order valence-electron chi connectivity index (χ4n) is 1.52. The summed E-state index contributed by atoms with van der Waals surface area (Å²) in [4.78, 5) is 4.53. The summed E-state index contributed by atoms with van der Waals surface area (Å²) in [7, 11) is 0. The van der Waals surface area contributed by atoms with Crippen molar-refractivity contribution in [3.05, 3.63) is 35.7 Å². The third kappa shape index (κ3) is 4.47. The number of nitrogens with two attached hydrogens (primary N) is 1. The Morgan fingerprint density at radius 1 is 1.56 bits per heavy atom. The van der Waals surface area contributed by atoms with Gasteiger partial charge in [-0.05, 0) is 31.4 Å². The van der Waals surface area contributed by atoms with Gasteiger partial charge in [-0.3, -0.25) is 0 Å². The third-order valence-corrected chi connectivity index (χ3v) is 2.10. The number of rotatable bonds is 4. The summed E-state index contributed by atoms with van der Waals surface area (Å²) in [6.07, 6.45) is 6.56. The molecule has 1 rings (SSSR count). The third-order valence-electron chi connectivity index (χ3n) is 2.10. The van der Waals surface area contributed by atoms with Gasteiger partial charge in [0.15, 0.2) is 0 Å². The number of nitrogens with zero attached hydrogens (tertiary/aromatic N) is 1. The molecule has 2 N–H and O–H groups in total. The van der Waals surface area contributed by atoms with Gasteiger partial charge in [0, 0.05) is 20.4 Å². The van der Waals surface area contributed by atoms with Crippen molar-refractivity contribution >= 4 is 5.71 Å². The van der Waals surface area contributed by atoms with Crippen molar-refractivity contribution in [1.29, 1.82) is 0 Å². The normalized spacial score (nSPS) is 17.1. The number of hydrogen-bond donors (Lipinski definition) is 1. The van der Waals surface area contributed by atoms with Crippen molar-refractivity contribution in [2.45, 2.75) is 33.6 Å². The van der Waals surface area contributed by atoms with E-state index in [1.54, 1.807) is 6.20 Å². The van der Waals surface area contributed by atoms with Gasteiger partial charge in [0.25, 0.3) is 0 Å². The van der Waals surface area contributed by atoms with Gasteiger partial charge < -0.3 is 10.7 Å². The summed E-state index contributed by atoms with van der Waals surface area (Å²) in [6.45, 7) is 10.2. The van der Waals surface area contributed by atoms with Crippen molar-refractivity contribution < 1.29 is 20.4 Å². The second kappa shape index (κ2) is 6.83. The smallest absolute Gasteiger partial charge is 0 e. The molecule has 0 bridgehead atoms. The van der Waals surface area contributed by atoms with E-state index in [1.165, 1.54) is 0 Å². The van der Waals surface area contributed by atoms with E-state index in [9.17, 15) is 0 Å². The Balaban J connectivity index is 0.00000225. The first-order valence-electron chi connectivity index (χ1n) is 5.30. The van der Waals surface area contributed by atoms with Crippen LogP contribution in [0.5, 0.6) is 0 Å². The molecule has 0 aromatic heterocycles. The van der Waals surface area contributed by atoms with Crippen LogP contribution in [0, 0.1) is 12.0 Å². The van der Waals surface area contributed by atoms with Gasteiger partial charge in [0.1, 0.15) is 0 Å². The molecule has 0 atom stereocenters. The second-order valence-electron chi connectivity index (χ2n) is 4.44. The molecule has 0 aromatic carbocycles. The van der Waals surface area contributed by atoms with Crippen LogP contribution in [0.25, 0.3) is 0 Å². The molecule has 1 heterocycles. The van der Waals surface area contributed by atoms with Crippen LogP contribution in [0.3, 0.4) is 0 Å². The Labute approximate surface area is 112 Å². The van der Waals surface area contributed by atoms with Crippen molar-refractivity contribution in [1.82, 2.24) is 0 Å². The minimum Gasteiger partial charge on any atom is -0.455 e. The quantitative estimate of drug-likeness (QED) is 0.484. The molecule has 3 heteroatoms. The van der Waals surface area contributed by atoms with Crippen LogP contribution in [0.15, 0.2) is 34.6 Å². The van der Waals surface area contributed by atoms with E-state index >= 15 is 0 Å². The van der Waals surface area contributed by atoms with Crippen LogP contribution in [0.4, 0.5) is 0 Å². The Morgan fingerprint density at radius 3 is 2.62 bits per heavy atom. The van der Waals surface area contributed by atoms with E-state index < -0.39 is 0 Å². The summed E-state index contributed by atoms with van der Waals surface area (Å²) >= 11 is 0. The standard InChI is InChI=1S/C13H19N2.Pd/c1-9(2)5-12-7-11(8-14)13(15-12)6-10(3)4;/h8-9H,3,5-6,14H2,1-2,4H3;/q-1;. The summed E-state index contributed by atoms with van der Waals surface area (Å²) < 4.78 is 0. The maximum absolute atomic E-state index is 5.54. The molecular formula is C13H19N2Pd-. The van der Waals surface area contributed by atoms with E-state index in [0.29, 0.717) is 5.92 Å². The molecule has 1 aliphatic heterocycles. The Bertz CT molecular complexity index is 349. The maximum Gasteiger partial charge on any atom is 0 e. The first-order chi connectivity index (χ1) is 7.02. The zero-order valence-corrected chi connectivity index (χ0v) is 11.7. The molecule has 0 amide bonds. The zero-order valence-electron chi connectivity index (χ0n) is 10.1. The first-order valence-corrected chi connectivity index (χ1v) is 5.30. The van der Waals surface area contributed by atoms with Crippen molar-refractivity contribution in [2.75, 3.05) is 0 Å². The molecular weight excluding hydrogens is 291 g/mol. The van der Waals surface area contributed by atoms with E-state index in [1.807, 2.05) is 6.92 Å². The molecule has 0 saturated carbocycles. The summed E-state index contributed by atoms with van der Waals surface area (Å²) in [5.41, 5.74) is 9.58. The molecule has 0 aromatic rings. The largest absolute Gasteiger partial charge is 0.455 e. The van der Waals surface area contributed by atoms with Gasteiger partial charge in [-0.25, -0.2) is 0 Å². The molecule has 2 nitrogen and oxygen atoms in total. The average molecular weight is 310 g/mol. The Hall–Kier alpha value is -0.648. The van der Waals surface area contributed by atoms with E-state index in [4.69, 9.17) is 5.73 Å². The fourth-order valence-corrected chi connectivity index (χ4v) is 1.52. The molecule has 0 spiro atoms. The number of hydrogen-bond acceptors (Lipinski definition) is 2. The van der Waals surface area contributed by atoms with Crippen LogP contribution in [-0.4, -0.2) is 5.71 Å². The molecule has 0 radical (unpaired) electrons. The van der Waals surface area contributed by atoms with Crippen molar-refractivity contribution in [2.24, 2.45) is 16.6 Å². The molecule has 0 fully saturated rings. The van der Waals surface area contributed by atoms with Gasteiger partial charge in [-0.15, -0.1) is 12.8 Å². The Morgan fingerprint density at radius 2 is 2.19 bits per heavy atom. The topological polar surface area (TPSA) is 38.4 Å². The van der Waals surface area contributed by atoms with Gasteiger partial charge in [0.05, 0.1) is 0 Å². The van der Waals surface area contributed by atoms with Crippen molar-refractivity contribution in [3.63, 3.8) is 0 Å². The van der Waals surface area contributed by atoms with E-state index in [2.05, 4.69) is 31.5 Å². The summed E-state index contributed by atoms with van der Waals surface area (Å²) in [5.74, 6) is 0.597. The zero-order chi connectivity index (χ0) is 11.4. The van der Waals surface area contributed by atoms with Crippen LogP contribution >= 0.6 is 0 Å². The van der Waals surface area contributed by atoms with Gasteiger partial charge >= 0.3 is 0 Å². The minimum absolute atomic E-state index is 0. The molecule has 0 unspecified atom stereocenters. The maximum atomic E-state index is 5.54. The average Bonchev–Trinajstić information content (AvgIpc) is 2.45. The fraction of sp³-hybridized carbons (Fsp3) is 0.462. The van der Waals surface area contributed by atoms with Crippen LogP contribution in [-0.2, 0) is 20.4 Å². The monoisotopic (exact) mass is 309 g/mol. The molecule has 1 aliphatic rings. The summed E-state index contributed by atoms with van der Waals surface area (Å²) in [5, 5.41) is 0. The number of allylic oxidation sites excluding steroid dienone is 4. The predicted molar refractivity (Wildman–Crippen MR) is 65.3 cm³/mol. The molecule has 16 heavy (non-hydrogen) atoms. The van der Waals surface area contributed by atoms with E-state index in [-0.39, 0.29) is 20.4 Å². The molecule has 0 saturated heterocycles. The molecule has 92 valence electrons. The van der Waals surface area contributed by atoms with Crippen LogP contribution < -0.4 is 5.73 Å². The van der Waals surface area contributed by atoms with E-state index in [0.717, 1.165) is 35.4 Å².